The molecule has 0 rings (SSSR count). The quantitative estimate of drug-likeness (QED) is 0.482. The van der Waals surface area contributed by atoms with Crippen LogP contribution in [0.15, 0.2) is 0 Å². The SMILES string of the molecule is CCCCCC(CC)C(C(=O)O)C(=O)O. The van der Waals surface area contributed by atoms with Crippen molar-refractivity contribution in [2.45, 2.75) is 46.0 Å². The molecule has 0 radical (unpaired) electrons. The maximum Gasteiger partial charge on any atom is 0.318 e. The smallest absolute Gasteiger partial charge is 0.318 e. The van der Waals surface area contributed by atoms with Gasteiger partial charge >= 0.3 is 11.9 Å². The van der Waals surface area contributed by atoms with Gasteiger partial charge in [0.15, 0.2) is 5.92 Å². The minimum atomic E-state index is -1.24. The molecule has 4 nitrogen and oxygen atoms in total. The predicted octanol–water partition coefficient (Wildman–Crippen LogP) is 2.38. The van der Waals surface area contributed by atoms with Crippen LogP contribution in [0.3, 0.4) is 0 Å². The topological polar surface area (TPSA) is 74.6 Å². The lowest BCUT2D eigenvalue weighted by Gasteiger charge is -2.18. The maximum atomic E-state index is 10.8. The van der Waals surface area contributed by atoms with Crippen molar-refractivity contribution in [2.75, 3.05) is 0 Å². The molecule has 0 amide bonds. The second kappa shape index (κ2) is 7.26. The summed E-state index contributed by atoms with van der Waals surface area (Å²) in [5.41, 5.74) is 0. The van der Waals surface area contributed by atoms with Crippen LogP contribution in [-0.2, 0) is 9.59 Å². The Morgan fingerprint density at radius 3 is 1.93 bits per heavy atom. The van der Waals surface area contributed by atoms with Crippen molar-refractivity contribution < 1.29 is 19.8 Å². The molecule has 0 aliphatic heterocycles. The third-order valence-corrected chi connectivity index (χ3v) is 2.71. The molecule has 1 atom stereocenters. The summed E-state index contributed by atoms with van der Waals surface area (Å²) in [6.45, 7) is 3.91. The van der Waals surface area contributed by atoms with Crippen molar-refractivity contribution in [1.82, 2.24) is 0 Å². The number of hydrogen-bond acceptors (Lipinski definition) is 2. The summed E-state index contributed by atoms with van der Waals surface area (Å²) in [6.07, 6.45) is 4.29. The van der Waals surface area contributed by atoms with E-state index >= 15 is 0 Å². The number of carbonyl (C=O) groups is 2. The number of aliphatic carboxylic acids is 2. The van der Waals surface area contributed by atoms with E-state index in [4.69, 9.17) is 10.2 Å². The van der Waals surface area contributed by atoms with Crippen molar-refractivity contribution in [2.24, 2.45) is 11.8 Å². The van der Waals surface area contributed by atoms with E-state index in [1.54, 1.807) is 0 Å². The molecule has 2 N–H and O–H groups in total. The first-order chi connectivity index (χ1) is 7.04. The lowest BCUT2D eigenvalue weighted by Crippen LogP contribution is -2.31. The molecule has 0 aromatic rings. The molecule has 4 heteroatoms. The van der Waals surface area contributed by atoms with E-state index in [0.717, 1.165) is 19.3 Å². The van der Waals surface area contributed by atoms with Crippen molar-refractivity contribution in [1.29, 1.82) is 0 Å². The molecule has 0 bridgehead atoms. The fourth-order valence-corrected chi connectivity index (χ4v) is 1.77. The minimum absolute atomic E-state index is 0.244. The van der Waals surface area contributed by atoms with Crippen LogP contribution in [0, 0.1) is 11.8 Å². The van der Waals surface area contributed by atoms with Crippen LogP contribution in [0.1, 0.15) is 46.0 Å². The number of carboxylic acids is 2. The van der Waals surface area contributed by atoms with Crippen molar-refractivity contribution >= 4 is 11.9 Å². The third kappa shape index (κ3) is 4.81. The Hall–Kier alpha value is -1.06. The van der Waals surface area contributed by atoms with Gasteiger partial charge in [-0.2, -0.15) is 0 Å². The van der Waals surface area contributed by atoms with E-state index in [0.29, 0.717) is 12.8 Å². The fraction of sp³-hybridized carbons (Fsp3) is 0.818. The predicted molar refractivity (Wildman–Crippen MR) is 56.7 cm³/mol. The average molecular weight is 216 g/mol. The molecule has 15 heavy (non-hydrogen) atoms. The summed E-state index contributed by atoms with van der Waals surface area (Å²) in [7, 11) is 0. The molecule has 0 fully saturated rings. The lowest BCUT2D eigenvalue weighted by molar-refractivity contribution is -0.157. The average Bonchev–Trinajstić information content (AvgIpc) is 2.15. The van der Waals surface area contributed by atoms with Gasteiger partial charge in [-0.25, -0.2) is 0 Å². The molecular formula is C11H20O4. The summed E-state index contributed by atoms with van der Waals surface area (Å²) < 4.78 is 0. The van der Waals surface area contributed by atoms with Crippen LogP contribution in [0.5, 0.6) is 0 Å². The zero-order chi connectivity index (χ0) is 11.8. The highest BCUT2D eigenvalue weighted by Crippen LogP contribution is 2.23. The van der Waals surface area contributed by atoms with Crippen molar-refractivity contribution in [3.8, 4) is 0 Å². The minimum Gasteiger partial charge on any atom is -0.481 e. The van der Waals surface area contributed by atoms with E-state index in [1.807, 2.05) is 6.92 Å². The Morgan fingerprint density at radius 2 is 1.60 bits per heavy atom. The van der Waals surface area contributed by atoms with E-state index in [-0.39, 0.29) is 5.92 Å². The largest absolute Gasteiger partial charge is 0.481 e. The van der Waals surface area contributed by atoms with Gasteiger partial charge in [0.25, 0.3) is 0 Å². The highest BCUT2D eigenvalue weighted by molar-refractivity contribution is 5.93. The molecule has 88 valence electrons. The van der Waals surface area contributed by atoms with Gasteiger partial charge in [0, 0.05) is 0 Å². The van der Waals surface area contributed by atoms with Crippen LogP contribution in [0.4, 0.5) is 0 Å². The van der Waals surface area contributed by atoms with E-state index < -0.39 is 17.9 Å². The summed E-state index contributed by atoms with van der Waals surface area (Å²) >= 11 is 0. The second-order valence-corrected chi connectivity index (χ2v) is 3.82. The zero-order valence-corrected chi connectivity index (χ0v) is 9.40. The Balaban J connectivity index is 4.32. The van der Waals surface area contributed by atoms with E-state index in [2.05, 4.69) is 6.92 Å². The third-order valence-electron chi connectivity index (χ3n) is 2.71. The van der Waals surface area contributed by atoms with Gasteiger partial charge in [-0.05, 0) is 12.3 Å². The normalized spacial score (nSPS) is 12.7. The lowest BCUT2D eigenvalue weighted by atomic mass is 9.86. The summed E-state index contributed by atoms with van der Waals surface area (Å²) in [5, 5.41) is 17.6. The van der Waals surface area contributed by atoms with Gasteiger partial charge in [-0.3, -0.25) is 9.59 Å². The van der Waals surface area contributed by atoms with Crippen molar-refractivity contribution in [3.05, 3.63) is 0 Å². The Kier molecular flexibility index (Phi) is 6.75. The maximum absolute atomic E-state index is 10.8. The summed E-state index contributed by atoms with van der Waals surface area (Å²) in [6, 6.07) is 0. The monoisotopic (exact) mass is 216 g/mol. The zero-order valence-electron chi connectivity index (χ0n) is 9.40. The molecular weight excluding hydrogens is 196 g/mol. The molecule has 0 aliphatic rings. The number of unbranched alkanes of at least 4 members (excludes halogenated alkanes) is 2. The van der Waals surface area contributed by atoms with Gasteiger partial charge < -0.3 is 10.2 Å². The number of carboxylic acid groups (broad SMARTS) is 2. The van der Waals surface area contributed by atoms with Crippen LogP contribution < -0.4 is 0 Å². The van der Waals surface area contributed by atoms with Crippen LogP contribution in [-0.4, -0.2) is 22.2 Å². The van der Waals surface area contributed by atoms with Gasteiger partial charge in [0.2, 0.25) is 0 Å². The Bertz CT molecular complexity index is 199. The molecule has 0 aromatic heterocycles. The fourth-order valence-electron chi connectivity index (χ4n) is 1.77. The molecule has 0 saturated heterocycles. The van der Waals surface area contributed by atoms with E-state index in [1.165, 1.54) is 0 Å². The summed E-state index contributed by atoms with van der Waals surface area (Å²) in [5.74, 6) is -3.92. The molecule has 0 heterocycles. The second-order valence-electron chi connectivity index (χ2n) is 3.82. The molecule has 1 unspecified atom stereocenters. The molecule has 0 spiro atoms. The standard InChI is InChI=1S/C11H20O4/c1-3-5-6-7-8(4-2)9(10(12)13)11(14)15/h8-9H,3-7H2,1-2H3,(H,12,13)(H,14,15). The van der Waals surface area contributed by atoms with Crippen molar-refractivity contribution in [3.63, 3.8) is 0 Å². The van der Waals surface area contributed by atoms with E-state index in [9.17, 15) is 9.59 Å². The van der Waals surface area contributed by atoms with Gasteiger partial charge in [0.1, 0.15) is 0 Å². The number of rotatable bonds is 8. The Labute approximate surface area is 90.3 Å². The molecule has 0 aliphatic carbocycles. The molecule has 0 saturated carbocycles. The van der Waals surface area contributed by atoms with Crippen LogP contribution in [0.25, 0.3) is 0 Å². The van der Waals surface area contributed by atoms with Gasteiger partial charge in [0.05, 0.1) is 0 Å². The highest BCUT2D eigenvalue weighted by atomic mass is 16.4. The first-order valence-electron chi connectivity index (χ1n) is 5.50. The first-order valence-corrected chi connectivity index (χ1v) is 5.50. The summed E-state index contributed by atoms with van der Waals surface area (Å²) in [4.78, 5) is 21.6. The van der Waals surface area contributed by atoms with Gasteiger partial charge in [-0.15, -0.1) is 0 Å². The van der Waals surface area contributed by atoms with Gasteiger partial charge in [-0.1, -0.05) is 39.5 Å². The highest BCUT2D eigenvalue weighted by Gasteiger charge is 2.33. The number of hydrogen-bond donors (Lipinski definition) is 2. The van der Waals surface area contributed by atoms with Crippen LogP contribution in [0.2, 0.25) is 0 Å². The Morgan fingerprint density at radius 1 is 1.07 bits per heavy atom. The van der Waals surface area contributed by atoms with Crippen LogP contribution >= 0.6 is 0 Å². The molecule has 0 aromatic carbocycles. The first kappa shape index (κ1) is 13.9.